The lowest BCUT2D eigenvalue weighted by Gasteiger charge is -2.14. The lowest BCUT2D eigenvalue weighted by molar-refractivity contribution is 0.0697. The van der Waals surface area contributed by atoms with Gasteiger partial charge in [-0.15, -0.1) is 10.2 Å². The second-order valence-electron chi connectivity index (χ2n) is 8.64. The molecule has 0 aliphatic rings. The Morgan fingerprint density at radius 1 is 1.08 bits per heavy atom. The van der Waals surface area contributed by atoms with Crippen molar-refractivity contribution >= 4 is 16.9 Å². The van der Waals surface area contributed by atoms with Crippen LogP contribution in [0.5, 0.6) is 5.88 Å². The predicted octanol–water partition coefficient (Wildman–Crippen LogP) is 4.26. The summed E-state index contributed by atoms with van der Waals surface area (Å²) in [5, 5.41) is 25.0. The third-order valence-electron chi connectivity index (χ3n) is 6.37. The minimum absolute atomic E-state index is 0.249. The molecule has 0 saturated heterocycles. The molecule has 5 aromatic rings. The maximum Gasteiger partial charge on any atom is 0.335 e. The van der Waals surface area contributed by atoms with E-state index in [9.17, 15) is 9.90 Å². The Balaban J connectivity index is 1.70. The van der Waals surface area contributed by atoms with E-state index < -0.39 is 5.97 Å². The van der Waals surface area contributed by atoms with Crippen LogP contribution in [0.25, 0.3) is 22.2 Å². The van der Waals surface area contributed by atoms with Gasteiger partial charge in [0.1, 0.15) is 0 Å². The Bertz CT molecular complexity index is 1510. The first-order valence-electron chi connectivity index (χ1n) is 11.7. The number of aromatic carboxylic acids is 1. The van der Waals surface area contributed by atoms with Crippen LogP contribution in [0.3, 0.4) is 0 Å². The van der Waals surface area contributed by atoms with Gasteiger partial charge in [0.05, 0.1) is 23.9 Å². The van der Waals surface area contributed by atoms with Crippen LogP contribution < -0.4 is 4.74 Å². The second-order valence-corrected chi connectivity index (χ2v) is 8.64. The quantitative estimate of drug-likeness (QED) is 0.322. The van der Waals surface area contributed by atoms with Crippen molar-refractivity contribution in [3.63, 3.8) is 0 Å². The topological polar surface area (TPSA) is 119 Å². The first kappa shape index (κ1) is 23.2. The molecule has 0 unspecified atom stereocenters. The molecular weight excluding hydrogens is 456 g/mol. The molecule has 9 heteroatoms. The number of methoxy groups -OCH3 is 1. The highest BCUT2D eigenvalue weighted by Gasteiger charge is 2.23. The number of nitrogens with zero attached hydrogens (tertiary/aromatic N) is 5. The Hall–Kier alpha value is -4.53. The molecule has 0 fully saturated rings. The van der Waals surface area contributed by atoms with Gasteiger partial charge in [-0.1, -0.05) is 35.0 Å². The molecule has 0 radical (unpaired) electrons. The van der Waals surface area contributed by atoms with E-state index in [0.717, 1.165) is 34.1 Å². The van der Waals surface area contributed by atoms with E-state index in [1.54, 1.807) is 25.4 Å². The van der Waals surface area contributed by atoms with Gasteiger partial charge in [-0.25, -0.2) is 9.78 Å². The SMILES string of the molecule is COc1ncccc1-c1c(CCc2ccc(C)cc2)c2cc(C(=O)O)ccc2n1CCc1nn[nH]n1. The number of nitrogens with one attached hydrogen (secondary N) is 1. The van der Waals surface area contributed by atoms with Crippen molar-refractivity contribution in [3.8, 4) is 17.1 Å². The normalized spacial score (nSPS) is 11.2. The summed E-state index contributed by atoms with van der Waals surface area (Å²) in [5.74, 6) is 0.155. The van der Waals surface area contributed by atoms with Gasteiger partial charge in [0.2, 0.25) is 5.88 Å². The smallest absolute Gasteiger partial charge is 0.335 e. The third kappa shape index (κ3) is 4.55. The maximum atomic E-state index is 11.8. The van der Waals surface area contributed by atoms with Crippen LogP contribution in [0, 0.1) is 6.92 Å². The molecule has 2 N–H and O–H groups in total. The van der Waals surface area contributed by atoms with Crippen molar-refractivity contribution in [1.29, 1.82) is 0 Å². The molecule has 0 atom stereocenters. The number of aromatic amines is 1. The van der Waals surface area contributed by atoms with Gasteiger partial charge < -0.3 is 14.4 Å². The van der Waals surface area contributed by atoms with E-state index in [2.05, 4.69) is 61.4 Å². The fraction of sp³-hybridized carbons (Fsp3) is 0.222. The molecule has 36 heavy (non-hydrogen) atoms. The van der Waals surface area contributed by atoms with Gasteiger partial charge in [-0.05, 0) is 61.2 Å². The minimum Gasteiger partial charge on any atom is -0.481 e. The van der Waals surface area contributed by atoms with Gasteiger partial charge in [0.15, 0.2) is 5.82 Å². The zero-order valence-electron chi connectivity index (χ0n) is 20.1. The standard InChI is InChI=1S/C27H26N6O3/c1-17-5-7-18(8-6-17)9-11-20-22-16-19(27(34)35)10-12-23(22)33(15-13-24-29-31-32-30-24)25(20)21-4-3-14-28-26(21)36-2/h3-8,10,12,14,16H,9,11,13,15H2,1-2H3,(H,34,35)(H,29,30,31,32). The number of carboxylic acid groups (broad SMARTS) is 1. The maximum absolute atomic E-state index is 11.8. The zero-order chi connectivity index (χ0) is 25.1. The molecule has 0 aliphatic heterocycles. The van der Waals surface area contributed by atoms with E-state index >= 15 is 0 Å². The van der Waals surface area contributed by atoms with Crippen LogP contribution >= 0.6 is 0 Å². The molecule has 2 aromatic carbocycles. The monoisotopic (exact) mass is 482 g/mol. The fourth-order valence-corrected chi connectivity index (χ4v) is 4.61. The summed E-state index contributed by atoms with van der Waals surface area (Å²) in [4.78, 5) is 16.3. The third-order valence-corrected chi connectivity index (χ3v) is 6.37. The zero-order valence-corrected chi connectivity index (χ0v) is 20.1. The number of pyridine rings is 1. The van der Waals surface area contributed by atoms with E-state index in [-0.39, 0.29) is 5.56 Å². The van der Waals surface area contributed by atoms with Crippen molar-refractivity contribution in [2.24, 2.45) is 0 Å². The minimum atomic E-state index is -0.957. The average molecular weight is 483 g/mol. The van der Waals surface area contributed by atoms with Crippen LogP contribution in [0.4, 0.5) is 0 Å². The molecule has 0 spiro atoms. The molecule has 0 saturated carbocycles. The number of carboxylic acids is 1. The summed E-state index contributed by atoms with van der Waals surface area (Å²) in [6.07, 6.45) is 3.76. The van der Waals surface area contributed by atoms with Crippen molar-refractivity contribution in [3.05, 3.63) is 88.9 Å². The van der Waals surface area contributed by atoms with Crippen molar-refractivity contribution in [1.82, 2.24) is 30.2 Å². The van der Waals surface area contributed by atoms with Crippen molar-refractivity contribution in [2.45, 2.75) is 32.7 Å². The Labute approximate surface area is 207 Å². The number of ether oxygens (including phenoxy) is 1. The number of fused-ring (bicyclic) bond motifs is 1. The fourth-order valence-electron chi connectivity index (χ4n) is 4.61. The first-order valence-corrected chi connectivity index (χ1v) is 11.7. The molecule has 0 aliphatic carbocycles. The molecule has 5 rings (SSSR count). The summed E-state index contributed by atoms with van der Waals surface area (Å²) < 4.78 is 7.82. The number of hydrogen-bond acceptors (Lipinski definition) is 6. The highest BCUT2D eigenvalue weighted by Crippen LogP contribution is 2.39. The van der Waals surface area contributed by atoms with Gasteiger partial charge in [0.25, 0.3) is 0 Å². The molecule has 0 amide bonds. The van der Waals surface area contributed by atoms with Crippen LogP contribution in [0.15, 0.2) is 60.8 Å². The summed E-state index contributed by atoms with van der Waals surface area (Å²) in [6.45, 7) is 2.64. The number of aryl methyl sites for hydroxylation is 5. The Kier molecular flexibility index (Phi) is 6.44. The van der Waals surface area contributed by atoms with Crippen LogP contribution in [-0.2, 0) is 25.8 Å². The lowest BCUT2D eigenvalue weighted by Crippen LogP contribution is -2.07. The Morgan fingerprint density at radius 3 is 2.64 bits per heavy atom. The number of benzene rings is 2. The number of H-pyrrole nitrogens is 1. The van der Waals surface area contributed by atoms with Crippen LogP contribution in [-0.4, -0.2) is 48.4 Å². The molecule has 9 nitrogen and oxygen atoms in total. The highest BCUT2D eigenvalue weighted by molar-refractivity contribution is 5.98. The predicted molar refractivity (Wildman–Crippen MR) is 135 cm³/mol. The van der Waals surface area contributed by atoms with E-state index in [1.807, 2.05) is 18.2 Å². The van der Waals surface area contributed by atoms with E-state index in [4.69, 9.17) is 4.74 Å². The molecular formula is C27H26N6O3. The summed E-state index contributed by atoms with van der Waals surface area (Å²) in [5.41, 5.74) is 6.46. The lowest BCUT2D eigenvalue weighted by atomic mass is 9.97. The summed E-state index contributed by atoms with van der Waals surface area (Å²) >= 11 is 0. The number of tetrazole rings is 1. The molecule has 182 valence electrons. The first-order chi connectivity index (χ1) is 17.5. The molecule has 3 heterocycles. The molecule has 3 aromatic heterocycles. The largest absolute Gasteiger partial charge is 0.481 e. The van der Waals surface area contributed by atoms with Gasteiger partial charge in [0, 0.05) is 30.1 Å². The van der Waals surface area contributed by atoms with Crippen molar-refractivity contribution in [2.75, 3.05) is 7.11 Å². The van der Waals surface area contributed by atoms with Crippen LogP contribution in [0.2, 0.25) is 0 Å². The number of aromatic nitrogens is 6. The van der Waals surface area contributed by atoms with Gasteiger partial charge >= 0.3 is 5.97 Å². The highest BCUT2D eigenvalue weighted by atomic mass is 16.5. The Morgan fingerprint density at radius 2 is 1.92 bits per heavy atom. The number of rotatable bonds is 9. The summed E-state index contributed by atoms with van der Waals surface area (Å²) in [7, 11) is 1.60. The van der Waals surface area contributed by atoms with E-state index in [0.29, 0.717) is 31.1 Å². The second kappa shape index (κ2) is 9.99. The van der Waals surface area contributed by atoms with Gasteiger partial charge in [-0.2, -0.15) is 5.21 Å². The van der Waals surface area contributed by atoms with E-state index in [1.165, 1.54) is 11.1 Å². The molecule has 0 bridgehead atoms. The summed E-state index contributed by atoms with van der Waals surface area (Å²) in [6, 6.07) is 17.6. The number of carbonyl (C=O) groups is 1. The average Bonchev–Trinajstić information content (AvgIpc) is 3.52. The van der Waals surface area contributed by atoms with Gasteiger partial charge in [-0.3, -0.25) is 0 Å². The van der Waals surface area contributed by atoms with Crippen LogP contribution in [0.1, 0.15) is 32.9 Å². The van der Waals surface area contributed by atoms with Crippen molar-refractivity contribution < 1.29 is 14.6 Å². The number of hydrogen-bond donors (Lipinski definition) is 2.